The third-order valence-corrected chi connectivity index (χ3v) is 2.81. The lowest BCUT2D eigenvalue weighted by Gasteiger charge is -2.11. The first-order valence-corrected chi connectivity index (χ1v) is 4.82. The molecule has 2 nitrogen and oxygen atoms in total. The van der Waals surface area contributed by atoms with Crippen LogP contribution in [0.15, 0.2) is 24.3 Å². The highest BCUT2D eigenvalue weighted by Crippen LogP contribution is 2.38. The van der Waals surface area contributed by atoms with Crippen molar-refractivity contribution in [3.05, 3.63) is 29.8 Å². The minimum atomic E-state index is 0.586. The van der Waals surface area contributed by atoms with Crippen LogP contribution in [0, 0.1) is 0 Å². The summed E-state index contributed by atoms with van der Waals surface area (Å²) in [5.41, 5.74) is 1.16. The van der Waals surface area contributed by atoms with Gasteiger partial charge in [0.2, 0.25) is 0 Å². The van der Waals surface area contributed by atoms with Gasteiger partial charge in [-0.25, -0.2) is 5.26 Å². The van der Waals surface area contributed by atoms with E-state index in [0.29, 0.717) is 11.7 Å². The predicted molar refractivity (Wildman–Crippen MR) is 50.9 cm³/mol. The Balaban J connectivity index is 2.26. The molecule has 1 fully saturated rings. The summed E-state index contributed by atoms with van der Waals surface area (Å²) in [7, 11) is 0. The number of hydrogen-bond acceptors (Lipinski definition) is 2. The van der Waals surface area contributed by atoms with Gasteiger partial charge in [-0.3, -0.25) is 0 Å². The van der Waals surface area contributed by atoms with Gasteiger partial charge in [-0.05, 0) is 24.8 Å². The fraction of sp³-hybridized carbons (Fsp3) is 0.455. The van der Waals surface area contributed by atoms with Crippen molar-refractivity contribution in [2.75, 3.05) is 0 Å². The maximum absolute atomic E-state index is 8.68. The van der Waals surface area contributed by atoms with Crippen LogP contribution in [0.4, 0.5) is 0 Å². The van der Waals surface area contributed by atoms with Crippen LogP contribution in [0.2, 0.25) is 0 Å². The van der Waals surface area contributed by atoms with Crippen LogP contribution in [0.5, 0.6) is 5.75 Å². The zero-order valence-corrected chi connectivity index (χ0v) is 7.57. The van der Waals surface area contributed by atoms with E-state index in [9.17, 15) is 0 Å². The average molecular weight is 178 g/mol. The monoisotopic (exact) mass is 178 g/mol. The van der Waals surface area contributed by atoms with Crippen molar-refractivity contribution in [2.45, 2.75) is 31.6 Å². The van der Waals surface area contributed by atoms with Gasteiger partial charge in [0.1, 0.15) is 0 Å². The molecule has 0 atom stereocenters. The molecule has 0 saturated heterocycles. The fourth-order valence-corrected chi connectivity index (χ4v) is 2.14. The Morgan fingerprint density at radius 2 is 1.85 bits per heavy atom. The molecule has 70 valence electrons. The molecular formula is C11H14O2. The smallest absolute Gasteiger partial charge is 0.168 e. The summed E-state index contributed by atoms with van der Waals surface area (Å²) in [6.45, 7) is 0. The minimum Gasteiger partial charge on any atom is -0.340 e. The number of hydrogen-bond donors (Lipinski definition) is 1. The fourth-order valence-electron chi connectivity index (χ4n) is 2.14. The zero-order valence-electron chi connectivity index (χ0n) is 7.57. The molecular weight excluding hydrogens is 164 g/mol. The molecule has 1 aromatic carbocycles. The molecule has 0 bridgehead atoms. The summed E-state index contributed by atoms with van der Waals surface area (Å²) in [5.74, 6) is 1.21. The Bertz CT molecular complexity index is 277. The van der Waals surface area contributed by atoms with E-state index in [-0.39, 0.29) is 0 Å². The van der Waals surface area contributed by atoms with Gasteiger partial charge in [0.05, 0.1) is 0 Å². The third kappa shape index (κ3) is 1.68. The molecule has 0 unspecified atom stereocenters. The van der Waals surface area contributed by atoms with Gasteiger partial charge in [-0.15, -0.1) is 0 Å². The molecule has 1 saturated carbocycles. The van der Waals surface area contributed by atoms with Crippen LogP contribution in [0.1, 0.15) is 37.2 Å². The standard InChI is InChI=1S/C11H14O2/c12-13-11-8-4-3-7-10(11)9-5-1-2-6-9/h3-4,7-9,12H,1-2,5-6H2. The average Bonchev–Trinajstić information content (AvgIpc) is 2.70. The molecule has 0 spiro atoms. The first-order valence-electron chi connectivity index (χ1n) is 4.82. The molecule has 0 radical (unpaired) electrons. The number of para-hydroxylation sites is 1. The van der Waals surface area contributed by atoms with Gasteiger partial charge >= 0.3 is 0 Å². The first kappa shape index (κ1) is 8.57. The van der Waals surface area contributed by atoms with Crippen molar-refractivity contribution in [1.29, 1.82) is 0 Å². The van der Waals surface area contributed by atoms with E-state index in [0.717, 1.165) is 5.56 Å². The van der Waals surface area contributed by atoms with Crippen molar-refractivity contribution in [3.63, 3.8) is 0 Å². The second kappa shape index (κ2) is 3.79. The SMILES string of the molecule is OOc1ccccc1C1CCCC1. The Kier molecular flexibility index (Phi) is 2.50. The quantitative estimate of drug-likeness (QED) is 0.556. The summed E-state index contributed by atoms with van der Waals surface area (Å²) in [6.07, 6.45) is 5.04. The largest absolute Gasteiger partial charge is 0.340 e. The maximum atomic E-state index is 8.68. The maximum Gasteiger partial charge on any atom is 0.168 e. The van der Waals surface area contributed by atoms with Gasteiger partial charge < -0.3 is 4.89 Å². The third-order valence-electron chi connectivity index (χ3n) is 2.81. The second-order valence-electron chi connectivity index (χ2n) is 3.61. The molecule has 0 aromatic heterocycles. The summed E-state index contributed by atoms with van der Waals surface area (Å²) in [6, 6.07) is 7.73. The lowest BCUT2D eigenvalue weighted by molar-refractivity contribution is -0.138. The van der Waals surface area contributed by atoms with Gasteiger partial charge in [0, 0.05) is 5.56 Å². The highest BCUT2D eigenvalue weighted by atomic mass is 17.1. The van der Waals surface area contributed by atoms with Gasteiger partial charge in [-0.1, -0.05) is 31.0 Å². The molecule has 0 aliphatic heterocycles. The van der Waals surface area contributed by atoms with E-state index in [1.54, 1.807) is 0 Å². The highest BCUT2D eigenvalue weighted by Gasteiger charge is 2.20. The van der Waals surface area contributed by atoms with Gasteiger partial charge in [0.25, 0.3) is 0 Å². The molecule has 1 aliphatic carbocycles. The molecule has 1 aliphatic rings. The van der Waals surface area contributed by atoms with Crippen molar-refractivity contribution in [2.24, 2.45) is 0 Å². The summed E-state index contributed by atoms with van der Waals surface area (Å²) in [5, 5.41) is 8.68. The van der Waals surface area contributed by atoms with Crippen molar-refractivity contribution in [1.82, 2.24) is 0 Å². The van der Waals surface area contributed by atoms with E-state index in [1.165, 1.54) is 25.7 Å². The molecule has 0 heterocycles. The summed E-state index contributed by atoms with van der Waals surface area (Å²) >= 11 is 0. The molecule has 1 N–H and O–H groups in total. The first-order chi connectivity index (χ1) is 6.42. The molecule has 0 amide bonds. The summed E-state index contributed by atoms with van der Waals surface area (Å²) in [4.78, 5) is 4.36. The van der Waals surface area contributed by atoms with E-state index in [1.807, 2.05) is 24.3 Å². The lowest BCUT2D eigenvalue weighted by atomic mass is 9.97. The molecule has 2 rings (SSSR count). The van der Waals surface area contributed by atoms with E-state index in [4.69, 9.17) is 5.26 Å². The van der Waals surface area contributed by atoms with Crippen LogP contribution in [0.3, 0.4) is 0 Å². The van der Waals surface area contributed by atoms with Crippen LogP contribution >= 0.6 is 0 Å². The normalized spacial score (nSPS) is 17.6. The lowest BCUT2D eigenvalue weighted by Crippen LogP contribution is -1.96. The predicted octanol–water partition coefficient (Wildman–Crippen LogP) is 3.20. The van der Waals surface area contributed by atoms with E-state index >= 15 is 0 Å². The molecule has 2 heteroatoms. The molecule has 1 aromatic rings. The van der Waals surface area contributed by atoms with E-state index in [2.05, 4.69) is 4.89 Å². The number of rotatable bonds is 2. The second-order valence-corrected chi connectivity index (χ2v) is 3.61. The Morgan fingerprint density at radius 1 is 1.15 bits per heavy atom. The summed E-state index contributed by atoms with van der Waals surface area (Å²) < 4.78 is 0. The number of benzene rings is 1. The van der Waals surface area contributed by atoms with Crippen LogP contribution in [-0.4, -0.2) is 5.26 Å². The Hall–Kier alpha value is -1.02. The van der Waals surface area contributed by atoms with Crippen molar-refractivity contribution >= 4 is 0 Å². The van der Waals surface area contributed by atoms with E-state index < -0.39 is 0 Å². The van der Waals surface area contributed by atoms with Crippen LogP contribution in [0.25, 0.3) is 0 Å². The van der Waals surface area contributed by atoms with Crippen molar-refractivity contribution < 1.29 is 10.1 Å². The van der Waals surface area contributed by atoms with Crippen LogP contribution in [-0.2, 0) is 0 Å². The minimum absolute atomic E-state index is 0.586. The zero-order chi connectivity index (χ0) is 9.10. The van der Waals surface area contributed by atoms with Crippen LogP contribution < -0.4 is 4.89 Å². The van der Waals surface area contributed by atoms with Gasteiger partial charge in [-0.2, -0.15) is 0 Å². The Labute approximate surface area is 78.1 Å². The topological polar surface area (TPSA) is 29.5 Å². The Morgan fingerprint density at radius 3 is 2.54 bits per heavy atom. The molecule has 13 heavy (non-hydrogen) atoms. The van der Waals surface area contributed by atoms with Gasteiger partial charge in [0.15, 0.2) is 5.75 Å². The van der Waals surface area contributed by atoms with Crippen molar-refractivity contribution in [3.8, 4) is 5.75 Å². The highest BCUT2D eigenvalue weighted by molar-refractivity contribution is 5.36.